The first kappa shape index (κ1) is 14.4. The van der Waals surface area contributed by atoms with Crippen molar-refractivity contribution < 1.29 is 4.79 Å². The third-order valence-corrected chi connectivity index (χ3v) is 4.76. The molecule has 0 aromatic carbocycles. The molecule has 1 amide bonds. The molecule has 1 unspecified atom stereocenters. The van der Waals surface area contributed by atoms with Crippen LogP contribution in [0.1, 0.15) is 38.5 Å². The summed E-state index contributed by atoms with van der Waals surface area (Å²) in [6.07, 6.45) is 9.77. The van der Waals surface area contributed by atoms with Gasteiger partial charge in [-0.3, -0.25) is 9.48 Å². The summed E-state index contributed by atoms with van der Waals surface area (Å²) in [5.74, 6) is 0.0398. The lowest BCUT2D eigenvalue weighted by Gasteiger charge is -2.35. The molecule has 116 valence electrons. The fourth-order valence-corrected chi connectivity index (χ4v) is 3.46. The van der Waals surface area contributed by atoms with Gasteiger partial charge in [0, 0.05) is 32.4 Å². The summed E-state index contributed by atoms with van der Waals surface area (Å²) in [6.45, 7) is 1.86. The first-order valence-electron chi connectivity index (χ1n) is 7.90. The lowest BCUT2D eigenvalue weighted by Crippen LogP contribution is -2.57. The second kappa shape index (κ2) is 5.67. The van der Waals surface area contributed by atoms with Crippen LogP contribution in [0.5, 0.6) is 0 Å². The summed E-state index contributed by atoms with van der Waals surface area (Å²) in [7, 11) is 1.92. The van der Waals surface area contributed by atoms with Gasteiger partial charge < -0.3 is 16.0 Å². The Morgan fingerprint density at radius 3 is 2.86 bits per heavy atom. The van der Waals surface area contributed by atoms with Gasteiger partial charge in [-0.1, -0.05) is 12.8 Å². The fourth-order valence-electron chi connectivity index (χ4n) is 3.46. The number of piperidine rings is 1. The van der Waals surface area contributed by atoms with Gasteiger partial charge in [-0.2, -0.15) is 5.10 Å². The van der Waals surface area contributed by atoms with E-state index in [1.807, 2.05) is 24.1 Å². The molecular weight excluding hydrogens is 266 g/mol. The number of nitrogens with one attached hydrogen (secondary N) is 1. The minimum absolute atomic E-state index is 0.0398. The molecule has 1 aromatic rings. The third kappa shape index (κ3) is 3.05. The van der Waals surface area contributed by atoms with E-state index in [-0.39, 0.29) is 11.9 Å². The quantitative estimate of drug-likeness (QED) is 0.863. The van der Waals surface area contributed by atoms with Crippen molar-refractivity contribution in [2.45, 2.75) is 50.1 Å². The summed E-state index contributed by atoms with van der Waals surface area (Å²) in [5, 5.41) is 7.39. The Hall–Kier alpha value is -1.56. The highest BCUT2D eigenvalue weighted by Crippen LogP contribution is 2.28. The average molecular weight is 291 g/mol. The number of anilines is 1. The molecule has 3 rings (SSSR count). The maximum atomic E-state index is 12.4. The van der Waals surface area contributed by atoms with Crippen LogP contribution in [0.25, 0.3) is 0 Å². The number of carbonyl (C=O) groups excluding carboxylic acids is 1. The van der Waals surface area contributed by atoms with Crippen LogP contribution in [-0.2, 0) is 11.8 Å². The maximum Gasteiger partial charge on any atom is 0.240 e. The summed E-state index contributed by atoms with van der Waals surface area (Å²) in [4.78, 5) is 14.7. The van der Waals surface area contributed by atoms with Crippen LogP contribution in [-0.4, -0.2) is 40.4 Å². The molecule has 1 saturated heterocycles. The molecule has 2 heterocycles. The van der Waals surface area contributed by atoms with Crippen molar-refractivity contribution in [2.24, 2.45) is 12.8 Å². The molecule has 1 aliphatic heterocycles. The lowest BCUT2D eigenvalue weighted by molar-refractivity contribution is -0.126. The van der Waals surface area contributed by atoms with Crippen LogP contribution in [0.15, 0.2) is 12.4 Å². The largest absolute Gasteiger partial charge is 0.367 e. The highest BCUT2D eigenvalue weighted by molar-refractivity contribution is 5.86. The van der Waals surface area contributed by atoms with Gasteiger partial charge in [0.15, 0.2) is 0 Å². The number of nitrogens with zero attached hydrogens (tertiary/aromatic N) is 3. The van der Waals surface area contributed by atoms with Gasteiger partial charge in [-0.15, -0.1) is 0 Å². The van der Waals surface area contributed by atoms with Gasteiger partial charge in [-0.05, 0) is 25.7 Å². The Morgan fingerprint density at radius 1 is 1.43 bits per heavy atom. The minimum atomic E-state index is -0.628. The number of carbonyl (C=O) groups is 1. The highest BCUT2D eigenvalue weighted by Gasteiger charge is 2.38. The molecule has 1 saturated carbocycles. The van der Waals surface area contributed by atoms with E-state index in [0.717, 1.165) is 57.3 Å². The molecule has 0 radical (unpaired) electrons. The van der Waals surface area contributed by atoms with E-state index < -0.39 is 5.54 Å². The van der Waals surface area contributed by atoms with E-state index in [9.17, 15) is 4.79 Å². The van der Waals surface area contributed by atoms with Crippen LogP contribution in [0, 0.1) is 0 Å². The number of hydrogen-bond donors (Lipinski definition) is 2. The molecule has 6 heteroatoms. The van der Waals surface area contributed by atoms with Crippen molar-refractivity contribution in [1.29, 1.82) is 0 Å². The monoisotopic (exact) mass is 291 g/mol. The number of aryl methyl sites for hydroxylation is 1. The van der Waals surface area contributed by atoms with Gasteiger partial charge in [0.25, 0.3) is 0 Å². The van der Waals surface area contributed by atoms with E-state index in [4.69, 9.17) is 5.73 Å². The van der Waals surface area contributed by atoms with Crippen molar-refractivity contribution in [1.82, 2.24) is 15.1 Å². The van der Waals surface area contributed by atoms with Crippen molar-refractivity contribution in [3.8, 4) is 0 Å². The Kier molecular flexibility index (Phi) is 3.89. The van der Waals surface area contributed by atoms with Gasteiger partial charge in [-0.25, -0.2) is 0 Å². The van der Waals surface area contributed by atoms with Crippen molar-refractivity contribution in [3.05, 3.63) is 12.4 Å². The van der Waals surface area contributed by atoms with Crippen molar-refractivity contribution >= 4 is 11.6 Å². The molecule has 0 bridgehead atoms. The Labute approximate surface area is 125 Å². The molecule has 2 fully saturated rings. The molecule has 3 N–H and O–H groups in total. The second-order valence-corrected chi connectivity index (χ2v) is 6.49. The smallest absolute Gasteiger partial charge is 0.240 e. The molecule has 1 aromatic heterocycles. The fraction of sp³-hybridized carbons (Fsp3) is 0.733. The lowest BCUT2D eigenvalue weighted by atomic mass is 9.96. The molecule has 0 spiro atoms. The van der Waals surface area contributed by atoms with E-state index >= 15 is 0 Å². The van der Waals surface area contributed by atoms with Gasteiger partial charge >= 0.3 is 0 Å². The van der Waals surface area contributed by atoms with Crippen molar-refractivity contribution in [3.63, 3.8) is 0 Å². The van der Waals surface area contributed by atoms with Crippen LogP contribution < -0.4 is 16.0 Å². The van der Waals surface area contributed by atoms with Gasteiger partial charge in [0.1, 0.15) is 0 Å². The van der Waals surface area contributed by atoms with E-state index in [1.165, 1.54) is 0 Å². The summed E-state index contributed by atoms with van der Waals surface area (Å²) < 4.78 is 1.81. The van der Waals surface area contributed by atoms with Crippen LogP contribution in [0.3, 0.4) is 0 Å². The van der Waals surface area contributed by atoms with Crippen LogP contribution in [0.4, 0.5) is 5.69 Å². The van der Waals surface area contributed by atoms with Gasteiger partial charge in [0.05, 0.1) is 17.4 Å². The molecule has 1 atom stereocenters. The summed E-state index contributed by atoms with van der Waals surface area (Å²) in [6, 6.07) is 0.187. The Morgan fingerprint density at radius 2 is 2.19 bits per heavy atom. The highest BCUT2D eigenvalue weighted by atomic mass is 16.2. The number of aromatic nitrogens is 2. The summed E-state index contributed by atoms with van der Waals surface area (Å²) in [5.41, 5.74) is 6.73. The number of rotatable bonds is 3. The van der Waals surface area contributed by atoms with Crippen LogP contribution >= 0.6 is 0 Å². The molecule has 2 aliphatic rings. The Balaban J connectivity index is 1.60. The number of hydrogen-bond acceptors (Lipinski definition) is 4. The first-order valence-corrected chi connectivity index (χ1v) is 7.90. The second-order valence-electron chi connectivity index (χ2n) is 6.49. The van der Waals surface area contributed by atoms with Crippen LogP contribution in [0.2, 0.25) is 0 Å². The third-order valence-electron chi connectivity index (χ3n) is 4.76. The average Bonchev–Trinajstić information content (AvgIpc) is 3.09. The van der Waals surface area contributed by atoms with E-state index in [0.29, 0.717) is 0 Å². The molecule has 21 heavy (non-hydrogen) atoms. The maximum absolute atomic E-state index is 12.4. The first-order chi connectivity index (χ1) is 10.1. The van der Waals surface area contributed by atoms with E-state index in [2.05, 4.69) is 15.3 Å². The normalized spacial score (nSPS) is 25.0. The number of nitrogens with two attached hydrogens (primary N) is 1. The number of amides is 1. The molecular formula is C15H25N5O. The van der Waals surface area contributed by atoms with E-state index in [1.54, 1.807) is 0 Å². The minimum Gasteiger partial charge on any atom is -0.367 e. The zero-order valence-corrected chi connectivity index (χ0v) is 12.7. The molecule has 1 aliphatic carbocycles. The van der Waals surface area contributed by atoms with Crippen molar-refractivity contribution in [2.75, 3.05) is 18.0 Å². The zero-order valence-electron chi connectivity index (χ0n) is 12.7. The SMILES string of the molecule is Cn1cc(N2CCCC(NC(=O)C3(N)CCCC3)C2)cn1. The predicted molar refractivity (Wildman–Crippen MR) is 82.0 cm³/mol. The topological polar surface area (TPSA) is 76.2 Å². The summed E-state index contributed by atoms with van der Waals surface area (Å²) >= 11 is 0. The van der Waals surface area contributed by atoms with Gasteiger partial charge in [0.2, 0.25) is 5.91 Å². The predicted octanol–water partition coefficient (Wildman–Crippen LogP) is 0.777. The molecule has 6 nitrogen and oxygen atoms in total. The standard InChI is InChI=1S/C15H25N5O/c1-19-11-13(9-17-19)20-8-4-5-12(10-20)18-14(21)15(16)6-2-3-7-15/h9,11-12H,2-8,10,16H2,1H3,(H,18,21). The zero-order chi connectivity index (χ0) is 14.9. The Bertz CT molecular complexity index is 506.